The van der Waals surface area contributed by atoms with Crippen molar-refractivity contribution in [2.45, 2.75) is 13.5 Å². The van der Waals surface area contributed by atoms with Crippen molar-refractivity contribution in [1.29, 1.82) is 0 Å². The number of aromatic nitrogens is 2. The minimum Gasteiger partial charge on any atom is -0.333 e. The van der Waals surface area contributed by atoms with Gasteiger partial charge in [0.25, 0.3) is 5.91 Å². The first-order valence-corrected chi connectivity index (χ1v) is 9.35. The average molecular weight is 398 g/mol. The Balaban J connectivity index is 1.90. The Morgan fingerprint density at radius 1 is 1.07 bits per heavy atom. The largest absolute Gasteiger partial charge is 0.333 e. The number of carbonyl (C=O) groups is 1. The fourth-order valence-corrected chi connectivity index (χ4v) is 3.09. The van der Waals surface area contributed by atoms with Crippen LogP contribution in [-0.2, 0) is 6.54 Å². The van der Waals surface area contributed by atoms with Crippen molar-refractivity contribution in [3.63, 3.8) is 0 Å². The number of para-hydroxylation sites is 1. The molecule has 0 aliphatic rings. The van der Waals surface area contributed by atoms with E-state index in [1.54, 1.807) is 42.2 Å². The topological polar surface area (TPSA) is 41.4 Å². The lowest BCUT2D eigenvalue weighted by Gasteiger charge is -2.24. The fourth-order valence-electron chi connectivity index (χ4n) is 3.09. The molecule has 0 atom stereocenters. The van der Waals surface area contributed by atoms with Crippen molar-refractivity contribution in [3.8, 4) is 5.69 Å². The Morgan fingerprint density at radius 3 is 2.52 bits per heavy atom. The molecular formula is C22H24F2N4O. The van der Waals surface area contributed by atoms with Gasteiger partial charge in [-0.15, -0.1) is 0 Å². The van der Waals surface area contributed by atoms with Crippen molar-refractivity contribution in [2.75, 3.05) is 27.2 Å². The summed E-state index contributed by atoms with van der Waals surface area (Å²) < 4.78 is 29.2. The van der Waals surface area contributed by atoms with E-state index in [9.17, 15) is 13.6 Å². The quantitative estimate of drug-likeness (QED) is 0.610. The second-order valence-electron chi connectivity index (χ2n) is 7.17. The SMILES string of the molecule is Cc1c(C(=O)N(CCN(C)C)Cc2cccc(F)c2)cnn1-c1ccccc1F. The molecule has 0 spiro atoms. The van der Waals surface area contributed by atoms with E-state index in [1.165, 1.54) is 29.1 Å². The van der Waals surface area contributed by atoms with Gasteiger partial charge in [0, 0.05) is 19.6 Å². The van der Waals surface area contributed by atoms with E-state index in [4.69, 9.17) is 0 Å². The Hall–Kier alpha value is -3.06. The van der Waals surface area contributed by atoms with E-state index >= 15 is 0 Å². The van der Waals surface area contributed by atoms with E-state index in [2.05, 4.69) is 5.10 Å². The lowest BCUT2D eigenvalue weighted by Crippen LogP contribution is -2.36. The highest BCUT2D eigenvalue weighted by Crippen LogP contribution is 2.19. The zero-order valence-electron chi connectivity index (χ0n) is 16.8. The van der Waals surface area contributed by atoms with Crippen LogP contribution in [0.1, 0.15) is 21.6 Å². The number of carbonyl (C=O) groups excluding carboxylic acids is 1. The molecule has 0 fully saturated rings. The number of halogens is 2. The molecule has 1 heterocycles. The van der Waals surface area contributed by atoms with Gasteiger partial charge in [0.2, 0.25) is 0 Å². The summed E-state index contributed by atoms with van der Waals surface area (Å²) in [5.41, 5.74) is 1.93. The van der Waals surface area contributed by atoms with Crippen LogP contribution in [0.4, 0.5) is 8.78 Å². The number of likely N-dealkylation sites (N-methyl/N-ethyl adjacent to an activating group) is 1. The van der Waals surface area contributed by atoms with Crippen LogP contribution < -0.4 is 0 Å². The summed E-state index contributed by atoms with van der Waals surface area (Å²) in [6.07, 6.45) is 1.46. The van der Waals surface area contributed by atoms with Gasteiger partial charge in [0.1, 0.15) is 17.3 Å². The Morgan fingerprint density at radius 2 is 1.83 bits per heavy atom. The van der Waals surface area contributed by atoms with Gasteiger partial charge in [-0.3, -0.25) is 4.79 Å². The van der Waals surface area contributed by atoms with E-state index in [1.807, 2.05) is 19.0 Å². The van der Waals surface area contributed by atoms with Crippen molar-refractivity contribution in [1.82, 2.24) is 19.6 Å². The van der Waals surface area contributed by atoms with Crippen molar-refractivity contribution >= 4 is 5.91 Å². The lowest BCUT2D eigenvalue weighted by molar-refractivity contribution is 0.0731. The van der Waals surface area contributed by atoms with Crippen molar-refractivity contribution in [2.24, 2.45) is 0 Å². The van der Waals surface area contributed by atoms with Crippen LogP contribution in [0.3, 0.4) is 0 Å². The monoisotopic (exact) mass is 398 g/mol. The minimum absolute atomic E-state index is 0.226. The molecule has 0 aliphatic heterocycles. The van der Waals surface area contributed by atoms with E-state index in [0.717, 1.165) is 0 Å². The first-order chi connectivity index (χ1) is 13.9. The van der Waals surface area contributed by atoms with Crippen LogP contribution in [0.15, 0.2) is 54.7 Å². The van der Waals surface area contributed by atoms with Gasteiger partial charge in [-0.2, -0.15) is 5.10 Å². The molecule has 1 aromatic heterocycles. The molecule has 1 amide bonds. The molecule has 3 rings (SSSR count). The minimum atomic E-state index is -0.415. The first-order valence-electron chi connectivity index (χ1n) is 9.35. The normalized spacial score (nSPS) is 11.1. The molecule has 152 valence electrons. The van der Waals surface area contributed by atoms with Crippen LogP contribution in [0.25, 0.3) is 5.69 Å². The molecular weight excluding hydrogens is 374 g/mol. The van der Waals surface area contributed by atoms with Gasteiger partial charge in [-0.1, -0.05) is 24.3 Å². The summed E-state index contributed by atoms with van der Waals surface area (Å²) in [6, 6.07) is 12.5. The zero-order chi connectivity index (χ0) is 21.0. The Kier molecular flexibility index (Phi) is 6.39. The van der Waals surface area contributed by atoms with E-state index < -0.39 is 5.82 Å². The molecule has 3 aromatic rings. The molecule has 0 radical (unpaired) electrons. The summed E-state index contributed by atoms with van der Waals surface area (Å²) in [5, 5.41) is 4.23. The second-order valence-corrected chi connectivity index (χ2v) is 7.17. The molecule has 0 unspecified atom stereocenters. The zero-order valence-corrected chi connectivity index (χ0v) is 16.8. The van der Waals surface area contributed by atoms with Crippen molar-refractivity contribution < 1.29 is 13.6 Å². The van der Waals surface area contributed by atoms with E-state index in [0.29, 0.717) is 29.9 Å². The third kappa shape index (κ3) is 4.86. The number of rotatable bonds is 7. The highest BCUT2D eigenvalue weighted by molar-refractivity contribution is 5.95. The smallest absolute Gasteiger partial charge is 0.257 e. The highest BCUT2D eigenvalue weighted by atomic mass is 19.1. The van der Waals surface area contributed by atoms with E-state index in [-0.39, 0.29) is 24.0 Å². The van der Waals surface area contributed by atoms with Crippen LogP contribution in [0.2, 0.25) is 0 Å². The van der Waals surface area contributed by atoms with Crippen LogP contribution in [-0.4, -0.2) is 52.7 Å². The van der Waals surface area contributed by atoms with Crippen LogP contribution in [0.5, 0.6) is 0 Å². The number of amides is 1. The van der Waals surface area contributed by atoms with Crippen LogP contribution >= 0.6 is 0 Å². The van der Waals surface area contributed by atoms with Gasteiger partial charge in [-0.05, 0) is 50.8 Å². The summed E-state index contributed by atoms with van der Waals surface area (Å²) in [7, 11) is 3.85. The third-order valence-corrected chi connectivity index (χ3v) is 4.69. The third-order valence-electron chi connectivity index (χ3n) is 4.69. The first kappa shape index (κ1) is 20.7. The second kappa shape index (κ2) is 8.96. The summed E-state index contributed by atoms with van der Waals surface area (Å²) >= 11 is 0. The predicted octanol–water partition coefficient (Wildman–Crippen LogP) is 3.66. The molecule has 7 heteroatoms. The van der Waals surface area contributed by atoms with Gasteiger partial charge in [0.05, 0.1) is 17.5 Å². The van der Waals surface area contributed by atoms with Crippen molar-refractivity contribution in [3.05, 3.63) is 83.2 Å². The van der Waals surface area contributed by atoms with Crippen LogP contribution in [0, 0.1) is 18.6 Å². The molecule has 0 aliphatic carbocycles. The number of benzene rings is 2. The Bertz CT molecular complexity index is 1000. The number of nitrogens with zero attached hydrogens (tertiary/aromatic N) is 4. The molecule has 2 aromatic carbocycles. The summed E-state index contributed by atoms with van der Waals surface area (Å²) in [5.74, 6) is -0.982. The maximum absolute atomic E-state index is 14.2. The number of hydrogen-bond acceptors (Lipinski definition) is 3. The van der Waals surface area contributed by atoms with Gasteiger partial charge in [0.15, 0.2) is 0 Å². The summed E-state index contributed by atoms with van der Waals surface area (Å²) in [6.45, 7) is 3.13. The lowest BCUT2D eigenvalue weighted by atomic mass is 10.1. The average Bonchev–Trinajstić information content (AvgIpc) is 3.06. The molecule has 0 saturated heterocycles. The van der Waals surface area contributed by atoms with Gasteiger partial charge in [-0.25, -0.2) is 13.5 Å². The number of hydrogen-bond donors (Lipinski definition) is 0. The maximum atomic E-state index is 14.2. The molecule has 5 nitrogen and oxygen atoms in total. The maximum Gasteiger partial charge on any atom is 0.257 e. The van der Waals surface area contributed by atoms with Gasteiger partial charge < -0.3 is 9.80 Å². The highest BCUT2D eigenvalue weighted by Gasteiger charge is 2.22. The summed E-state index contributed by atoms with van der Waals surface area (Å²) in [4.78, 5) is 16.9. The molecule has 29 heavy (non-hydrogen) atoms. The molecule has 0 saturated carbocycles. The van der Waals surface area contributed by atoms with Gasteiger partial charge >= 0.3 is 0 Å². The standard InChI is InChI=1S/C22H24F2N4O/c1-16-19(14-25-28(16)21-10-5-4-9-20(21)24)22(29)27(12-11-26(2)3)15-17-7-6-8-18(23)13-17/h4-10,13-14H,11-12,15H2,1-3H3. The predicted molar refractivity (Wildman–Crippen MR) is 108 cm³/mol. The fraction of sp³-hybridized carbons (Fsp3) is 0.273. The molecule has 0 N–H and O–H groups in total. The Labute approximate surface area is 169 Å². The molecule has 0 bridgehead atoms.